The average molecular weight is 278 g/mol. The summed E-state index contributed by atoms with van der Waals surface area (Å²) in [4.78, 5) is 7.88. The first kappa shape index (κ1) is 13.3. The van der Waals surface area contributed by atoms with E-state index in [0.717, 1.165) is 0 Å². The Morgan fingerprint density at radius 3 is 2.16 bits per heavy atom. The highest BCUT2D eigenvalue weighted by Crippen LogP contribution is 2.24. The Bertz CT molecular complexity index is 676. The number of aryl methyl sites for hydroxylation is 2. The molecule has 6 nitrogen and oxygen atoms in total. The van der Waals surface area contributed by atoms with Crippen molar-refractivity contribution in [3.63, 3.8) is 0 Å². The van der Waals surface area contributed by atoms with Crippen LogP contribution in [0.5, 0.6) is 0 Å². The van der Waals surface area contributed by atoms with Gasteiger partial charge in [0.2, 0.25) is 5.95 Å². The van der Waals surface area contributed by atoms with E-state index in [4.69, 9.17) is 5.73 Å². The monoisotopic (exact) mass is 278 g/mol. The third kappa shape index (κ3) is 2.82. The van der Waals surface area contributed by atoms with Crippen LogP contribution in [0.3, 0.4) is 0 Å². The molecule has 0 atom stereocenters. The average Bonchev–Trinajstić information content (AvgIpc) is 2.27. The molecule has 0 saturated carbocycles. The maximum Gasteiger partial charge on any atom is 0.264 e. The number of nitrogen functional groups attached to an aromatic ring is 1. The summed E-state index contributed by atoms with van der Waals surface area (Å²) >= 11 is 0. The largest absolute Gasteiger partial charge is 0.399 e. The Hall–Kier alpha value is -2.15. The molecule has 2 aromatic rings. The van der Waals surface area contributed by atoms with Crippen LogP contribution in [0.25, 0.3) is 0 Å². The molecule has 0 aliphatic heterocycles. The van der Waals surface area contributed by atoms with Crippen LogP contribution in [-0.4, -0.2) is 18.4 Å². The van der Waals surface area contributed by atoms with Gasteiger partial charge in [0.25, 0.3) is 10.0 Å². The fourth-order valence-electron chi connectivity index (χ4n) is 1.93. The fraction of sp³-hybridized carbons (Fsp3) is 0.167. The molecule has 0 unspecified atom stereocenters. The van der Waals surface area contributed by atoms with Crippen molar-refractivity contribution in [3.05, 3.63) is 41.7 Å². The summed E-state index contributed by atoms with van der Waals surface area (Å²) in [6.45, 7) is 3.40. The van der Waals surface area contributed by atoms with E-state index in [9.17, 15) is 8.42 Å². The number of nitrogens with one attached hydrogen (secondary N) is 1. The maximum atomic E-state index is 12.3. The number of hydrogen-bond acceptors (Lipinski definition) is 5. The highest BCUT2D eigenvalue weighted by Gasteiger charge is 2.20. The van der Waals surface area contributed by atoms with Crippen molar-refractivity contribution in [2.75, 3.05) is 10.5 Å². The predicted molar refractivity (Wildman–Crippen MR) is 73.2 cm³/mol. The second-order valence-electron chi connectivity index (χ2n) is 4.16. The molecule has 0 radical (unpaired) electrons. The van der Waals surface area contributed by atoms with Gasteiger partial charge in [-0.1, -0.05) is 0 Å². The molecule has 1 heterocycles. The van der Waals surface area contributed by atoms with Gasteiger partial charge in [-0.05, 0) is 43.2 Å². The zero-order valence-electron chi connectivity index (χ0n) is 10.6. The van der Waals surface area contributed by atoms with Crippen LogP contribution >= 0.6 is 0 Å². The molecule has 19 heavy (non-hydrogen) atoms. The van der Waals surface area contributed by atoms with Gasteiger partial charge in [0.1, 0.15) is 0 Å². The first-order valence-corrected chi connectivity index (χ1v) is 7.05. The lowest BCUT2D eigenvalue weighted by Crippen LogP contribution is -2.17. The van der Waals surface area contributed by atoms with Crippen molar-refractivity contribution >= 4 is 21.7 Å². The zero-order valence-corrected chi connectivity index (χ0v) is 11.4. The van der Waals surface area contributed by atoms with Crippen LogP contribution in [0.15, 0.2) is 35.5 Å². The SMILES string of the molecule is Cc1cc(N)cc(C)c1S(=O)(=O)Nc1ncccn1. The molecule has 1 aromatic heterocycles. The van der Waals surface area contributed by atoms with Crippen LogP contribution in [0, 0.1) is 13.8 Å². The molecular weight excluding hydrogens is 264 g/mol. The highest BCUT2D eigenvalue weighted by atomic mass is 32.2. The van der Waals surface area contributed by atoms with Gasteiger partial charge in [-0.25, -0.2) is 23.1 Å². The number of nitrogens with zero attached hydrogens (tertiary/aromatic N) is 2. The summed E-state index contributed by atoms with van der Waals surface area (Å²) < 4.78 is 27.0. The first-order valence-electron chi connectivity index (χ1n) is 5.57. The molecule has 0 amide bonds. The van der Waals surface area contributed by atoms with Gasteiger partial charge < -0.3 is 5.73 Å². The van der Waals surface area contributed by atoms with Crippen LogP contribution in [0.1, 0.15) is 11.1 Å². The normalized spacial score (nSPS) is 11.3. The third-order valence-corrected chi connectivity index (χ3v) is 4.18. The van der Waals surface area contributed by atoms with Gasteiger partial charge in [-0.2, -0.15) is 0 Å². The van der Waals surface area contributed by atoms with Crippen LogP contribution < -0.4 is 10.5 Å². The van der Waals surface area contributed by atoms with Crippen molar-refractivity contribution in [1.29, 1.82) is 0 Å². The molecule has 0 spiro atoms. The van der Waals surface area contributed by atoms with Gasteiger partial charge in [0.15, 0.2) is 0 Å². The van der Waals surface area contributed by atoms with E-state index in [0.29, 0.717) is 16.8 Å². The number of anilines is 2. The maximum absolute atomic E-state index is 12.3. The highest BCUT2D eigenvalue weighted by molar-refractivity contribution is 7.92. The standard InChI is InChI=1S/C12H14N4O2S/c1-8-6-10(13)7-9(2)11(8)19(17,18)16-12-14-4-3-5-15-12/h3-7H,13H2,1-2H3,(H,14,15,16). The molecule has 0 saturated heterocycles. The van der Waals surface area contributed by atoms with Crippen LogP contribution in [0.2, 0.25) is 0 Å². The van der Waals surface area contributed by atoms with Gasteiger partial charge in [-0.3, -0.25) is 0 Å². The lowest BCUT2D eigenvalue weighted by Gasteiger charge is -2.12. The molecule has 2 rings (SSSR count). The summed E-state index contributed by atoms with van der Waals surface area (Å²) in [5.74, 6) is 0.0399. The minimum atomic E-state index is -3.72. The van der Waals surface area contributed by atoms with E-state index in [1.54, 1.807) is 32.0 Å². The fourth-order valence-corrected chi connectivity index (χ4v) is 3.34. The first-order chi connectivity index (χ1) is 8.90. The number of sulfonamides is 1. The van der Waals surface area contributed by atoms with Crippen molar-refractivity contribution < 1.29 is 8.42 Å². The Morgan fingerprint density at radius 1 is 1.11 bits per heavy atom. The lowest BCUT2D eigenvalue weighted by molar-refractivity contribution is 0.599. The number of hydrogen-bond donors (Lipinski definition) is 2. The Labute approximate surface area is 111 Å². The minimum Gasteiger partial charge on any atom is -0.399 e. The Kier molecular flexibility index (Phi) is 3.39. The summed E-state index contributed by atoms with van der Waals surface area (Å²) in [6.07, 6.45) is 2.93. The molecule has 100 valence electrons. The van der Waals surface area contributed by atoms with E-state index in [1.165, 1.54) is 12.4 Å². The molecule has 0 aliphatic carbocycles. The second kappa shape index (κ2) is 4.85. The molecule has 7 heteroatoms. The van der Waals surface area contributed by atoms with Crippen molar-refractivity contribution in [2.45, 2.75) is 18.7 Å². The van der Waals surface area contributed by atoms with Crippen molar-refractivity contribution in [3.8, 4) is 0 Å². The van der Waals surface area contributed by atoms with Crippen molar-refractivity contribution in [2.24, 2.45) is 0 Å². The Balaban J connectivity index is 2.46. The number of benzene rings is 1. The lowest BCUT2D eigenvalue weighted by atomic mass is 10.1. The van der Waals surface area contributed by atoms with Crippen molar-refractivity contribution in [1.82, 2.24) is 9.97 Å². The number of nitrogens with two attached hydrogens (primary N) is 1. The summed E-state index contributed by atoms with van der Waals surface area (Å²) in [7, 11) is -3.72. The van der Waals surface area contributed by atoms with E-state index in [2.05, 4.69) is 14.7 Å². The van der Waals surface area contributed by atoms with E-state index < -0.39 is 10.0 Å². The molecule has 3 N–H and O–H groups in total. The number of rotatable bonds is 3. The van der Waals surface area contributed by atoms with Gasteiger partial charge in [-0.15, -0.1) is 0 Å². The van der Waals surface area contributed by atoms with E-state index >= 15 is 0 Å². The summed E-state index contributed by atoms with van der Waals surface area (Å²) in [6, 6.07) is 4.85. The Morgan fingerprint density at radius 2 is 1.63 bits per heavy atom. The molecule has 0 aliphatic rings. The van der Waals surface area contributed by atoms with Gasteiger partial charge in [0, 0.05) is 18.1 Å². The summed E-state index contributed by atoms with van der Waals surface area (Å²) in [5.41, 5.74) is 7.38. The van der Waals surface area contributed by atoms with Gasteiger partial charge >= 0.3 is 0 Å². The third-order valence-electron chi connectivity index (χ3n) is 2.54. The zero-order chi connectivity index (χ0) is 14.0. The van der Waals surface area contributed by atoms with Crippen LogP contribution in [0.4, 0.5) is 11.6 Å². The second-order valence-corrected chi connectivity index (χ2v) is 5.78. The van der Waals surface area contributed by atoms with E-state index in [1.807, 2.05) is 0 Å². The van der Waals surface area contributed by atoms with Crippen LogP contribution in [-0.2, 0) is 10.0 Å². The van der Waals surface area contributed by atoms with E-state index in [-0.39, 0.29) is 10.8 Å². The molecular formula is C12H14N4O2S. The predicted octanol–water partition coefficient (Wildman–Crippen LogP) is 1.48. The molecule has 1 aromatic carbocycles. The molecule has 0 fully saturated rings. The molecule has 0 bridgehead atoms. The van der Waals surface area contributed by atoms with Gasteiger partial charge in [0.05, 0.1) is 4.90 Å². The number of aromatic nitrogens is 2. The minimum absolute atomic E-state index is 0.0399. The quantitative estimate of drug-likeness (QED) is 0.829. The summed E-state index contributed by atoms with van der Waals surface area (Å²) in [5, 5.41) is 0. The smallest absolute Gasteiger partial charge is 0.264 e. The topological polar surface area (TPSA) is 98.0 Å².